The van der Waals surface area contributed by atoms with E-state index in [1.807, 2.05) is 19.9 Å². The summed E-state index contributed by atoms with van der Waals surface area (Å²) in [6, 6.07) is 8.77. The van der Waals surface area contributed by atoms with Crippen LogP contribution in [-0.4, -0.2) is 23.4 Å². The molecule has 0 saturated heterocycles. The molecule has 1 heterocycles. The van der Waals surface area contributed by atoms with Crippen LogP contribution < -0.4 is 16.2 Å². The van der Waals surface area contributed by atoms with E-state index in [4.69, 9.17) is 16.2 Å². The predicted octanol–water partition coefficient (Wildman–Crippen LogP) is 2.19. The highest BCUT2D eigenvalue weighted by atomic mass is 19.1. The molecule has 0 fully saturated rings. The molecule has 0 aliphatic heterocycles. The van der Waals surface area contributed by atoms with Gasteiger partial charge in [0.1, 0.15) is 24.6 Å². The Bertz CT molecular complexity index is 718. The molecule has 6 heteroatoms. The standard InChI is InChI=1S/C17H22FN3O2/c1-11(2)17(22,15(20)10-19)16-6-3-12-9-13(23-8-7-18)4-5-14(12)21-16/h3-6,9-11,22H,7-8,19-20H2,1-2H3/b15-10-. The topological polar surface area (TPSA) is 94.4 Å². The number of rotatable bonds is 6. The van der Waals surface area contributed by atoms with Crippen LogP contribution >= 0.6 is 0 Å². The second-order valence-corrected chi connectivity index (χ2v) is 5.63. The van der Waals surface area contributed by atoms with E-state index >= 15 is 0 Å². The zero-order chi connectivity index (χ0) is 17.0. The fraction of sp³-hybridized carbons (Fsp3) is 0.353. The normalized spacial score (nSPS) is 14.9. The summed E-state index contributed by atoms with van der Waals surface area (Å²) >= 11 is 0. The Kier molecular flexibility index (Phi) is 5.05. The Hall–Kier alpha value is -2.34. The number of hydrogen-bond acceptors (Lipinski definition) is 5. The van der Waals surface area contributed by atoms with Crippen molar-refractivity contribution in [1.29, 1.82) is 0 Å². The lowest BCUT2D eigenvalue weighted by molar-refractivity contribution is 0.0219. The summed E-state index contributed by atoms with van der Waals surface area (Å²) < 4.78 is 17.4. The van der Waals surface area contributed by atoms with Gasteiger partial charge in [-0.2, -0.15) is 0 Å². The van der Waals surface area contributed by atoms with E-state index < -0.39 is 12.3 Å². The van der Waals surface area contributed by atoms with Crippen LogP contribution in [0.5, 0.6) is 5.75 Å². The van der Waals surface area contributed by atoms with Crippen molar-refractivity contribution in [3.8, 4) is 5.75 Å². The Morgan fingerprint density at radius 3 is 2.74 bits per heavy atom. The van der Waals surface area contributed by atoms with Gasteiger partial charge in [0.25, 0.3) is 0 Å². The Labute approximate surface area is 134 Å². The number of fused-ring (bicyclic) bond motifs is 1. The molecule has 1 aromatic heterocycles. The van der Waals surface area contributed by atoms with E-state index in [0.717, 1.165) is 5.39 Å². The molecule has 124 valence electrons. The lowest BCUT2D eigenvalue weighted by Crippen LogP contribution is -2.39. The fourth-order valence-corrected chi connectivity index (χ4v) is 2.47. The number of hydrogen-bond donors (Lipinski definition) is 3. The maximum absolute atomic E-state index is 12.2. The first-order valence-electron chi connectivity index (χ1n) is 7.43. The zero-order valence-electron chi connectivity index (χ0n) is 13.3. The highest BCUT2D eigenvalue weighted by molar-refractivity contribution is 5.80. The summed E-state index contributed by atoms with van der Waals surface area (Å²) in [5.41, 5.74) is 11.2. The molecule has 5 N–H and O–H groups in total. The van der Waals surface area contributed by atoms with Gasteiger partial charge in [-0.25, -0.2) is 9.37 Å². The number of pyridine rings is 1. The van der Waals surface area contributed by atoms with Crippen LogP contribution in [0.1, 0.15) is 19.5 Å². The number of nitrogens with two attached hydrogens (primary N) is 2. The molecular formula is C17H22FN3O2. The minimum Gasteiger partial charge on any atom is -0.491 e. The van der Waals surface area contributed by atoms with E-state index in [1.165, 1.54) is 6.20 Å². The molecule has 2 aromatic rings. The van der Waals surface area contributed by atoms with E-state index in [0.29, 0.717) is 17.0 Å². The van der Waals surface area contributed by atoms with Crippen molar-refractivity contribution in [3.05, 3.63) is 47.9 Å². The van der Waals surface area contributed by atoms with Gasteiger partial charge in [-0.05, 0) is 30.2 Å². The van der Waals surface area contributed by atoms with Gasteiger partial charge in [0.15, 0.2) is 0 Å². The summed E-state index contributed by atoms with van der Waals surface area (Å²) in [6.07, 6.45) is 1.19. The summed E-state index contributed by atoms with van der Waals surface area (Å²) in [4.78, 5) is 4.50. The molecule has 2 rings (SSSR count). The third-order valence-electron chi connectivity index (χ3n) is 3.85. The Morgan fingerprint density at radius 1 is 1.39 bits per heavy atom. The molecule has 1 atom stereocenters. The average molecular weight is 319 g/mol. The Morgan fingerprint density at radius 2 is 2.13 bits per heavy atom. The number of aromatic nitrogens is 1. The lowest BCUT2D eigenvalue weighted by Gasteiger charge is -2.32. The fourth-order valence-electron chi connectivity index (χ4n) is 2.47. The van der Waals surface area contributed by atoms with Gasteiger partial charge in [-0.3, -0.25) is 0 Å². The Balaban J connectivity index is 2.47. The molecule has 1 unspecified atom stereocenters. The maximum Gasteiger partial charge on any atom is 0.149 e. The van der Waals surface area contributed by atoms with Gasteiger partial charge in [-0.15, -0.1) is 0 Å². The molecular weight excluding hydrogens is 297 g/mol. The maximum atomic E-state index is 12.2. The van der Waals surface area contributed by atoms with Crippen LogP contribution in [0.3, 0.4) is 0 Å². The van der Waals surface area contributed by atoms with Crippen molar-refractivity contribution in [1.82, 2.24) is 4.98 Å². The minimum absolute atomic E-state index is 0.0158. The van der Waals surface area contributed by atoms with Gasteiger partial charge in [0, 0.05) is 11.6 Å². The second-order valence-electron chi connectivity index (χ2n) is 5.63. The van der Waals surface area contributed by atoms with Crippen molar-refractivity contribution >= 4 is 10.9 Å². The van der Waals surface area contributed by atoms with E-state index in [9.17, 15) is 9.50 Å². The van der Waals surface area contributed by atoms with Crippen LogP contribution in [-0.2, 0) is 5.60 Å². The molecule has 23 heavy (non-hydrogen) atoms. The van der Waals surface area contributed by atoms with Crippen molar-refractivity contribution < 1.29 is 14.2 Å². The number of aliphatic hydroxyl groups is 1. The average Bonchev–Trinajstić information content (AvgIpc) is 2.57. The molecule has 0 aliphatic carbocycles. The first-order valence-corrected chi connectivity index (χ1v) is 7.43. The number of nitrogens with zero attached hydrogens (tertiary/aromatic N) is 1. The van der Waals surface area contributed by atoms with Crippen molar-refractivity contribution in [2.24, 2.45) is 17.4 Å². The predicted molar refractivity (Wildman–Crippen MR) is 88.4 cm³/mol. The summed E-state index contributed by atoms with van der Waals surface area (Å²) in [7, 11) is 0. The van der Waals surface area contributed by atoms with Crippen molar-refractivity contribution in [2.75, 3.05) is 13.3 Å². The number of halogens is 1. The highest BCUT2D eigenvalue weighted by Crippen LogP contribution is 2.34. The van der Waals surface area contributed by atoms with Gasteiger partial charge in [0.05, 0.1) is 16.9 Å². The molecule has 0 saturated carbocycles. The van der Waals surface area contributed by atoms with Crippen molar-refractivity contribution in [2.45, 2.75) is 19.4 Å². The van der Waals surface area contributed by atoms with Gasteiger partial charge >= 0.3 is 0 Å². The highest BCUT2D eigenvalue weighted by Gasteiger charge is 2.37. The van der Waals surface area contributed by atoms with E-state index in [2.05, 4.69) is 4.98 Å². The summed E-state index contributed by atoms with van der Waals surface area (Å²) in [6.45, 7) is 3.16. The van der Waals surface area contributed by atoms with E-state index in [-0.39, 0.29) is 18.2 Å². The second kappa shape index (κ2) is 6.83. The van der Waals surface area contributed by atoms with Crippen LogP contribution in [0.2, 0.25) is 0 Å². The van der Waals surface area contributed by atoms with Crippen LogP contribution in [0.15, 0.2) is 42.2 Å². The van der Waals surface area contributed by atoms with E-state index in [1.54, 1.807) is 24.3 Å². The zero-order valence-corrected chi connectivity index (χ0v) is 13.3. The van der Waals surface area contributed by atoms with Gasteiger partial charge < -0.3 is 21.3 Å². The monoisotopic (exact) mass is 319 g/mol. The van der Waals surface area contributed by atoms with Crippen LogP contribution in [0, 0.1) is 5.92 Å². The van der Waals surface area contributed by atoms with Gasteiger partial charge in [0.2, 0.25) is 0 Å². The molecule has 0 bridgehead atoms. The van der Waals surface area contributed by atoms with Gasteiger partial charge in [-0.1, -0.05) is 19.9 Å². The molecule has 0 radical (unpaired) electrons. The smallest absolute Gasteiger partial charge is 0.149 e. The molecule has 0 aliphatic rings. The molecule has 1 aromatic carbocycles. The molecule has 0 spiro atoms. The summed E-state index contributed by atoms with van der Waals surface area (Å²) in [5.74, 6) is 0.365. The number of alkyl halides is 1. The number of benzene rings is 1. The third-order valence-corrected chi connectivity index (χ3v) is 3.85. The van der Waals surface area contributed by atoms with Crippen molar-refractivity contribution in [3.63, 3.8) is 0 Å². The first-order chi connectivity index (χ1) is 10.9. The minimum atomic E-state index is -1.44. The van der Waals surface area contributed by atoms with Crippen LogP contribution in [0.25, 0.3) is 10.9 Å². The SMILES string of the molecule is CC(C)C(O)(/C(N)=C/N)c1ccc2cc(OCCF)ccc2n1. The first kappa shape index (κ1) is 17.0. The molecule has 5 nitrogen and oxygen atoms in total. The van der Waals surface area contributed by atoms with Crippen LogP contribution in [0.4, 0.5) is 4.39 Å². The summed E-state index contributed by atoms with van der Waals surface area (Å²) in [5, 5.41) is 11.8. The lowest BCUT2D eigenvalue weighted by atomic mass is 9.84. The third kappa shape index (κ3) is 3.22. The quantitative estimate of drug-likeness (QED) is 0.758. The molecule has 0 amide bonds. The number of ether oxygens (including phenoxy) is 1. The largest absolute Gasteiger partial charge is 0.491 e.